The number of allylic oxidation sites excluding steroid dienone is 11. The van der Waals surface area contributed by atoms with Gasteiger partial charge in [0.2, 0.25) is 0 Å². The first-order valence-corrected chi connectivity index (χ1v) is 19.9. The zero-order valence-electron chi connectivity index (χ0n) is 30.6. The monoisotopic (exact) mass is 724 g/mol. The zero-order chi connectivity index (χ0) is 37.0. The molecule has 286 valence electrons. The average molecular weight is 725 g/mol. The highest BCUT2D eigenvalue weighted by Crippen LogP contribution is 2.43. The summed E-state index contributed by atoms with van der Waals surface area (Å²) in [4.78, 5) is 34.2. The van der Waals surface area contributed by atoms with Crippen molar-refractivity contribution < 1.29 is 47.8 Å². The first-order chi connectivity index (χ1) is 24.3. The molecule has 0 aliphatic rings. The Morgan fingerprint density at radius 3 is 1.52 bits per heavy atom. The largest absolute Gasteiger partial charge is 0.472 e. The minimum absolute atomic E-state index is 0.0439. The third kappa shape index (κ3) is 32.6. The number of unbranched alkanes of at least 4 members (excludes halogenated alkanes) is 8. The van der Waals surface area contributed by atoms with Gasteiger partial charge in [-0.2, -0.15) is 0 Å². The summed E-state index contributed by atoms with van der Waals surface area (Å²) in [5.41, 5.74) is 0. The van der Waals surface area contributed by atoms with Crippen LogP contribution in [0.25, 0.3) is 0 Å². The van der Waals surface area contributed by atoms with E-state index in [1.54, 1.807) is 6.08 Å². The number of rotatable bonds is 33. The van der Waals surface area contributed by atoms with E-state index >= 15 is 0 Å². The van der Waals surface area contributed by atoms with E-state index in [0.29, 0.717) is 12.8 Å². The van der Waals surface area contributed by atoms with E-state index in [4.69, 9.17) is 18.5 Å². The van der Waals surface area contributed by atoms with E-state index in [2.05, 4.69) is 62.5 Å². The molecule has 0 saturated heterocycles. The second-order valence-corrected chi connectivity index (χ2v) is 13.3. The molecule has 3 unspecified atom stereocenters. The van der Waals surface area contributed by atoms with Gasteiger partial charge in [-0.05, 0) is 64.2 Å². The number of esters is 2. The van der Waals surface area contributed by atoms with E-state index in [1.165, 1.54) is 19.3 Å². The van der Waals surface area contributed by atoms with Gasteiger partial charge in [-0.1, -0.05) is 119 Å². The Balaban J connectivity index is 4.15. The number of hydrogen-bond donors (Lipinski definition) is 3. The van der Waals surface area contributed by atoms with Crippen molar-refractivity contribution >= 4 is 19.8 Å². The van der Waals surface area contributed by atoms with E-state index in [-0.39, 0.29) is 12.8 Å². The van der Waals surface area contributed by atoms with Gasteiger partial charge in [-0.3, -0.25) is 18.6 Å². The molecule has 0 rings (SSSR count). The minimum Gasteiger partial charge on any atom is -0.457 e. The van der Waals surface area contributed by atoms with Gasteiger partial charge in [0.15, 0.2) is 0 Å². The number of aliphatic hydroxyl groups excluding tert-OH is 2. The molecule has 0 fully saturated rings. The topological polar surface area (TPSA) is 149 Å². The third-order valence-electron chi connectivity index (χ3n) is 7.19. The van der Waals surface area contributed by atoms with Gasteiger partial charge in [0.05, 0.1) is 32.8 Å². The predicted octanol–water partition coefficient (Wildman–Crippen LogP) is 8.94. The molecule has 11 heteroatoms. The maximum absolute atomic E-state index is 12.3. The molecular weight excluding hydrogens is 659 g/mol. The summed E-state index contributed by atoms with van der Waals surface area (Å²) in [5, 5.41) is 19.0. The Morgan fingerprint density at radius 1 is 0.580 bits per heavy atom. The second-order valence-electron chi connectivity index (χ2n) is 11.8. The SMILES string of the molecule is CC/C=C\C/C=C\C/C=C\C/C=C\C/C=C\CC(=O)OC(CO)COP(=O)(O)OCC(CO)OC(=O)CCCCCCC/C=C\CCCCC. The first-order valence-electron chi connectivity index (χ1n) is 18.4. The fourth-order valence-electron chi connectivity index (χ4n) is 4.36. The number of carbonyl (C=O) groups is 2. The van der Waals surface area contributed by atoms with E-state index in [0.717, 1.165) is 64.2 Å². The second kappa shape index (κ2) is 34.8. The number of ether oxygens (including phenoxy) is 2. The first kappa shape index (κ1) is 47.4. The molecule has 0 heterocycles. The van der Waals surface area contributed by atoms with Crippen LogP contribution in [0.3, 0.4) is 0 Å². The summed E-state index contributed by atoms with van der Waals surface area (Å²) >= 11 is 0. The van der Waals surface area contributed by atoms with Crippen molar-refractivity contribution in [2.24, 2.45) is 0 Å². The van der Waals surface area contributed by atoms with Crippen molar-refractivity contribution in [3.63, 3.8) is 0 Å². The minimum atomic E-state index is -4.66. The summed E-state index contributed by atoms with van der Waals surface area (Å²) in [6.45, 7) is 1.90. The molecule has 3 N–H and O–H groups in total. The number of hydrogen-bond acceptors (Lipinski definition) is 9. The molecule has 0 spiro atoms. The average Bonchev–Trinajstić information content (AvgIpc) is 3.10. The normalized spacial score (nSPS) is 14.9. The highest BCUT2D eigenvalue weighted by atomic mass is 31.2. The Hall–Kier alpha value is -2.59. The van der Waals surface area contributed by atoms with Crippen LogP contribution in [0.4, 0.5) is 0 Å². The lowest BCUT2D eigenvalue weighted by Gasteiger charge is -2.20. The van der Waals surface area contributed by atoms with Crippen LogP contribution in [0.1, 0.15) is 123 Å². The van der Waals surface area contributed by atoms with Gasteiger partial charge in [0.25, 0.3) is 0 Å². The van der Waals surface area contributed by atoms with Gasteiger partial charge in [-0.15, -0.1) is 0 Å². The molecule has 50 heavy (non-hydrogen) atoms. The molecule has 0 saturated carbocycles. The van der Waals surface area contributed by atoms with E-state index in [9.17, 15) is 29.3 Å². The molecule has 0 aromatic heterocycles. The maximum Gasteiger partial charge on any atom is 0.472 e. The number of phosphoric acid groups is 1. The Bertz CT molecular complexity index is 1060. The summed E-state index contributed by atoms with van der Waals surface area (Å²) in [6, 6.07) is 0. The third-order valence-corrected chi connectivity index (χ3v) is 8.14. The van der Waals surface area contributed by atoms with Crippen LogP contribution in [0, 0.1) is 0 Å². The molecule has 3 atom stereocenters. The lowest BCUT2D eigenvalue weighted by Crippen LogP contribution is -2.28. The Labute approximate surface area is 301 Å². The quantitative estimate of drug-likeness (QED) is 0.0259. The number of phosphoric ester groups is 1. The van der Waals surface area contributed by atoms with E-state index in [1.807, 2.05) is 18.2 Å². The molecule has 0 bridgehead atoms. The predicted molar refractivity (Wildman–Crippen MR) is 200 cm³/mol. The van der Waals surface area contributed by atoms with Gasteiger partial charge in [-0.25, -0.2) is 4.57 Å². The van der Waals surface area contributed by atoms with Crippen LogP contribution < -0.4 is 0 Å². The van der Waals surface area contributed by atoms with Crippen molar-refractivity contribution in [3.05, 3.63) is 72.9 Å². The molecule has 10 nitrogen and oxygen atoms in total. The van der Waals surface area contributed by atoms with Gasteiger partial charge < -0.3 is 24.6 Å². The Kier molecular flexibility index (Phi) is 33.0. The summed E-state index contributed by atoms with van der Waals surface area (Å²) < 4.78 is 32.3. The lowest BCUT2D eigenvalue weighted by atomic mass is 10.1. The molecule has 0 aromatic rings. The highest BCUT2D eigenvalue weighted by molar-refractivity contribution is 7.47. The zero-order valence-corrected chi connectivity index (χ0v) is 31.5. The van der Waals surface area contributed by atoms with Gasteiger partial charge in [0, 0.05) is 6.42 Å². The standard InChI is InChI=1S/C39H65O10P/c1-3-5-7-9-11-13-15-17-18-19-21-23-25-27-29-31-39(43)49-37(33-41)35-47-50(44,45)46-34-36(32-40)48-38(42)30-28-26-24-22-20-16-14-12-10-8-6-4-2/h5,7,11-14,17-18,21,23,27,29,36-37,40-41H,3-4,6,8-10,15-16,19-20,22,24-26,28,30-35H2,1-2H3,(H,44,45)/b7-5-,13-11-,14-12-,18-17-,23-21-,29-27-. The van der Waals surface area contributed by atoms with Crippen LogP contribution in [0.15, 0.2) is 72.9 Å². The highest BCUT2D eigenvalue weighted by Gasteiger charge is 2.27. The van der Waals surface area contributed by atoms with Crippen molar-refractivity contribution in [1.82, 2.24) is 0 Å². The molecule has 0 amide bonds. The molecule has 0 aliphatic heterocycles. The van der Waals surface area contributed by atoms with Gasteiger partial charge in [0.1, 0.15) is 12.2 Å². The molecule has 0 radical (unpaired) electrons. The lowest BCUT2D eigenvalue weighted by molar-refractivity contribution is -0.153. The van der Waals surface area contributed by atoms with Crippen LogP contribution in [-0.4, -0.2) is 65.7 Å². The van der Waals surface area contributed by atoms with Crippen LogP contribution in [0.2, 0.25) is 0 Å². The van der Waals surface area contributed by atoms with Crippen molar-refractivity contribution in [2.45, 2.75) is 135 Å². The molecule has 0 aromatic carbocycles. The van der Waals surface area contributed by atoms with Gasteiger partial charge >= 0.3 is 19.8 Å². The number of carbonyl (C=O) groups excluding carboxylic acids is 2. The van der Waals surface area contributed by atoms with Crippen LogP contribution in [0.5, 0.6) is 0 Å². The van der Waals surface area contributed by atoms with Crippen molar-refractivity contribution in [1.29, 1.82) is 0 Å². The van der Waals surface area contributed by atoms with Crippen LogP contribution >= 0.6 is 7.82 Å². The maximum atomic E-state index is 12.3. The smallest absolute Gasteiger partial charge is 0.457 e. The Morgan fingerprint density at radius 2 is 1.02 bits per heavy atom. The summed E-state index contributed by atoms with van der Waals surface area (Å²) in [6.07, 6.45) is 37.7. The summed E-state index contributed by atoms with van der Waals surface area (Å²) in [7, 11) is -4.66. The fraction of sp³-hybridized carbons (Fsp3) is 0.641. The number of aliphatic hydroxyl groups is 2. The van der Waals surface area contributed by atoms with E-state index < -0.39 is 58.4 Å². The molecule has 0 aliphatic carbocycles. The molecular formula is C39H65O10P. The summed E-state index contributed by atoms with van der Waals surface area (Å²) in [5.74, 6) is -1.17. The van der Waals surface area contributed by atoms with Crippen molar-refractivity contribution in [2.75, 3.05) is 26.4 Å². The van der Waals surface area contributed by atoms with Crippen LogP contribution in [-0.2, 0) is 32.7 Å². The van der Waals surface area contributed by atoms with Crippen molar-refractivity contribution in [3.8, 4) is 0 Å². The fourth-order valence-corrected chi connectivity index (χ4v) is 5.14.